The van der Waals surface area contributed by atoms with E-state index in [4.69, 9.17) is 7.16 Å². The first-order valence-corrected chi connectivity index (χ1v) is 14.5. The van der Waals surface area contributed by atoms with Crippen LogP contribution in [0.15, 0.2) is 162 Å². The van der Waals surface area contributed by atoms with Gasteiger partial charge in [0.05, 0.1) is 4.11 Å². The molecule has 43 heavy (non-hydrogen) atoms. The third-order valence-electron chi connectivity index (χ3n) is 8.66. The van der Waals surface area contributed by atoms with E-state index in [0.717, 1.165) is 65.5 Å². The maximum Gasteiger partial charge on any atom is 0.136 e. The molecule has 1 heteroatoms. The van der Waals surface area contributed by atoms with Gasteiger partial charge in [0.25, 0.3) is 0 Å². The fourth-order valence-electron chi connectivity index (χ4n) is 6.85. The number of rotatable bonds is 3. The summed E-state index contributed by atoms with van der Waals surface area (Å²) in [5, 5.41) is 7.74. The van der Waals surface area contributed by atoms with Gasteiger partial charge in [0.1, 0.15) is 11.2 Å². The second kappa shape index (κ2) is 9.44. The van der Waals surface area contributed by atoms with Crippen LogP contribution in [0.1, 0.15) is 4.11 Å². The molecule has 0 radical (unpaired) electrons. The summed E-state index contributed by atoms with van der Waals surface area (Å²) < 4.78 is 33.7. The Hall–Kier alpha value is -5.66. The highest BCUT2D eigenvalue weighted by Gasteiger charge is 2.22. The molecule has 9 aromatic rings. The molecule has 0 saturated carbocycles. The summed E-state index contributed by atoms with van der Waals surface area (Å²) in [5.41, 5.74) is 7.05. The van der Waals surface area contributed by atoms with Crippen molar-refractivity contribution in [3.05, 3.63) is 158 Å². The molecular formula is C42H26O. The summed E-state index contributed by atoms with van der Waals surface area (Å²) in [5.74, 6) is 0. The van der Waals surface area contributed by atoms with E-state index in [1.54, 1.807) is 0 Å². The van der Waals surface area contributed by atoms with Gasteiger partial charge in [-0.15, -0.1) is 0 Å². The molecule has 9 rings (SSSR count). The number of hydrogen-bond donors (Lipinski definition) is 0. The van der Waals surface area contributed by atoms with Gasteiger partial charge < -0.3 is 4.42 Å². The van der Waals surface area contributed by atoms with E-state index in [9.17, 15) is 1.37 Å². The Morgan fingerprint density at radius 3 is 1.65 bits per heavy atom. The molecule has 8 aromatic carbocycles. The van der Waals surface area contributed by atoms with Crippen molar-refractivity contribution in [2.24, 2.45) is 0 Å². The maximum atomic E-state index is 9.44. The minimum atomic E-state index is -0.141. The monoisotopic (exact) mass is 549 g/mol. The van der Waals surface area contributed by atoms with E-state index < -0.39 is 0 Å². The highest BCUT2D eigenvalue weighted by atomic mass is 16.3. The van der Waals surface area contributed by atoms with Crippen LogP contribution in [-0.4, -0.2) is 0 Å². The van der Waals surface area contributed by atoms with E-state index in [1.807, 2.05) is 42.5 Å². The molecule has 1 nitrogen and oxygen atoms in total. The van der Waals surface area contributed by atoms with Crippen LogP contribution < -0.4 is 0 Å². The molecule has 0 aliphatic heterocycles. The van der Waals surface area contributed by atoms with Crippen LogP contribution in [0.25, 0.3) is 87.6 Å². The van der Waals surface area contributed by atoms with Crippen LogP contribution in [-0.2, 0) is 0 Å². The topological polar surface area (TPSA) is 13.1 Å². The molecule has 1 heterocycles. The van der Waals surface area contributed by atoms with Crippen molar-refractivity contribution in [1.29, 1.82) is 0 Å². The second-order valence-corrected chi connectivity index (χ2v) is 11.0. The van der Waals surface area contributed by atoms with Crippen LogP contribution in [0.2, 0.25) is 0 Å². The van der Waals surface area contributed by atoms with Crippen LogP contribution in [0.3, 0.4) is 0 Å². The molecule has 0 aliphatic rings. The van der Waals surface area contributed by atoms with Gasteiger partial charge >= 0.3 is 0 Å². The summed E-state index contributed by atoms with van der Waals surface area (Å²) in [6, 6.07) is 47.7. The quantitative estimate of drug-likeness (QED) is 0.200. The molecule has 0 saturated heterocycles. The van der Waals surface area contributed by atoms with Crippen molar-refractivity contribution < 1.29 is 8.53 Å². The molecule has 0 amide bonds. The summed E-state index contributed by atoms with van der Waals surface area (Å²) in [7, 11) is 0. The third kappa shape index (κ3) is 3.58. The Morgan fingerprint density at radius 2 is 0.953 bits per heavy atom. The van der Waals surface area contributed by atoms with Gasteiger partial charge in [-0.1, -0.05) is 146 Å². The van der Waals surface area contributed by atoms with Crippen molar-refractivity contribution in [3.8, 4) is 33.4 Å². The molecular weight excluding hydrogens is 520 g/mol. The summed E-state index contributed by atoms with van der Waals surface area (Å²) in [6.45, 7) is 0. The van der Waals surface area contributed by atoms with Crippen LogP contribution >= 0.6 is 0 Å². The third-order valence-corrected chi connectivity index (χ3v) is 8.66. The molecule has 200 valence electrons. The fourth-order valence-corrected chi connectivity index (χ4v) is 6.85. The van der Waals surface area contributed by atoms with Crippen molar-refractivity contribution in [1.82, 2.24) is 0 Å². The lowest BCUT2D eigenvalue weighted by molar-refractivity contribution is 0.669. The van der Waals surface area contributed by atoms with Gasteiger partial charge in [0.2, 0.25) is 0 Å². The zero-order valence-electron chi connectivity index (χ0n) is 26.2. The van der Waals surface area contributed by atoms with Crippen LogP contribution in [0, 0.1) is 0 Å². The molecule has 0 fully saturated rings. The Bertz CT molecular complexity index is 2610. The SMILES string of the molecule is [2H]c1c([2H])c(-c2c3ccccc3c(-c3ccccc3-c3ccccc3)c3ccccc23)c2c(oc3ccc4ccccc4c32)c1[2H]. The Kier molecular flexibility index (Phi) is 4.63. The minimum absolute atomic E-state index is 0.0286. The fraction of sp³-hybridized carbons (Fsp3) is 0. The number of fused-ring (bicyclic) bond motifs is 7. The van der Waals surface area contributed by atoms with Gasteiger partial charge in [-0.05, 0) is 77.8 Å². The van der Waals surface area contributed by atoms with Crippen molar-refractivity contribution in [3.63, 3.8) is 0 Å². The first-order valence-electron chi connectivity index (χ1n) is 16.0. The second-order valence-electron chi connectivity index (χ2n) is 11.0. The summed E-state index contributed by atoms with van der Waals surface area (Å²) in [6.07, 6.45) is 0. The van der Waals surface area contributed by atoms with Gasteiger partial charge in [0, 0.05) is 10.8 Å². The van der Waals surface area contributed by atoms with E-state index in [-0.39, 0.29) is 18.1 Å². The Labute approximate surface area is 253 Å². The predicted octanol–water partition coefficient (Wildman–Crippen LogP) is 12.0. The lowest BCUT2D eigenvalue weighted by Crippen LogP contribution is -1.93. The van der Waals surface area contributed by atoms with Gasteiger partial charge in [-0.3, -0.25) is 0 Å². The minimum Gasteiger partial charge on any atom is -0.456 e. The Morgan fingerprint density at radius 1 is 0.395 bits per heavy atom. The molecule has 0 spiro atoms. The molecule has 1 aromatic heterocycles. The molecule has 0 atom stereocenters. The molecule has 0 unspecified atom stereocenters. The first-order chi connectivity index (χ1) is 22.6. The molecule has 0 aliphatic carbocycles. The van der Waals surface area contributed by atoms with E-state index >= 15 is 0 Å². The van der Waals surface area contributed by atoms with Crippen molar-refractivity contribution in [2.75, 3.05) is 0 Å². The number of hydrogen-bond acceptors (Lipinski definition) is 1. The normalized spacial score (nSPS) is 12.7. The highest BCUT2D eigenvalue weighted by molar-refractivity contribution is 6.28. The number of benzene rings is 8. The lowest BCUT2D eigenvalue weighted by Gasteiger charge is -2.20. The van der Waals surface area contributed by atoms with E-state index in [2.05, 4.69) is 97.1 Å². The smallest absolute Gasteiger partial charge is 0.136 e. The maximum absolute atomic E-state index is 9.44. The largest absolute Gasteiger partial charge is 0.456 e. The standard InChI is InChI=1S/C42H26O/c1-2-13-27(14-3-1)29-16-6-7-18-31(29)39-32-19-8-10-21-34(32)40(35-22-11-9-20-33(35)39)36-23-12-24-37-42(36)41-30-17-5-4-15-28(30)25-26-38(41)43-37/h1-26H/i12D,23D,24D. The van der Waals surface area contributed by atoms with Gasteiger partial charge in [0.15, 0.2) is 0 Å². The Balaban J connectivity index is 1.50. The zero-order chi connectivity index (χ0) is 30.9. The van der Waals surface area contributed by atoms with E-state index in [1.165, 1.54) is 0 Å². The summed E-state index contributed by atoms with van der Waals surface area (Å²) in [4.78, 5) is 0. The molecule has 0 bridgehead atoms. The number of furan rings is 1. The lowest BCUT2D eigenvalue weighted by atomic mass is 9.83. The van der Waals surface area contributed by atoms with Gasteiger partial charge in [-0.2, -0.15) is 0 Å². The summed E-state index contributed by atoms with van der Waals surface area (Å²) >= 11 is 0. The average molecular weight is 550 g/mol. The van der Waals surface area contributed by atoms with Crippen molar-refractivity contribution >= 4 is 54.3 Å². The zero-order valence-corrected chi connectivity index (χ0v) is 23.2. The predicted molar refractivity (Wildman–Crippen MR) is 183 cm³/mol. The van der Waals surface area contributed by atoms with Crippen LogP contribution in [0.4, 0.5) is 0 Å². The van der Waals surface area contributed by atoms with Gasteiger partial charge in [-0.25, -0.2) is 0 Å². The van der Waals surface area contributed by atoms with Crippen molar-refractivity contribution in [2.45, 2.75) is 0 Å². The van der Waals surface area contributed by atoms with E-state index in [0.29, 0.717) is 22.1 Å². The van der Waals surface area contributed by atoms with Crippen LogP contribution in [0.5, 0.6) is 0 Å². The highest BCUT2D eigenvalue weighted by Crippen LogP contribution is 2.48. The average Bonchev–Trinajstić information content (AvgIpc) is 3.51. The first kappa shape index (κ1) is 21.1. The molecule has 0 N–H and O–H groups in total.